The van der Waals surface area contributed by atoms with Gasteiger partial charge in [-0.3, -0.25) is 4.79 Å². The molecule has 7 heteroatoms. The summed E-state index contributed by atoms with van der Waals surface area (Å²) in [6.07, 6.45) is 1.93. The predicted molar refractivity (Wildman–Crippen MR) is 96.4 cm³/mol. The molecular weight excluding hydrogens is 348 g/mol. The lowest BCUT2D eigenvalue weighted by molar-refractivity contribution is -0.126. The van der Waals surface area contributed by atoms with Crippen LogP contribution in [-0.2, 0) is 14.8 Å². The first-order chi connectivity index (χ1) is 11.4. The van der Waals surface area contributed by atoms with Crippen LogP contribution in [0.4, 0.5) is 0 Å². The fourth-order valence-electron chi connectivity index (χ4n) is 2.98. The highest BCUT2D eigenvalue weighted by Gasteiger charge is 2.30. The quantitative estimate of drug-likeness (QED) is 0.834. The predicted octanol–water partition coefficient (Wildman–Crippen LogP) is 2.97. The molecule has 0 bridgehead atoms. The van der Waals surface area contributed by atoms with Crippen LogP contribution in [0.1, 0.15) is 44.7 Å². The van der Waals surface area contributed by atoms with Crippen molar-refractivity contribution >= 4 is 27.5 Å². The Morgan fingerprint density at radius 1 is 1.25 bits per heavy atom. The zero-order valence-corrected chi connectivity index (χ0v) is 15.7. The number of hydrogen-bond acceptors (Lipinski definition) is 3. The fraction of sp³-hybridized carbons (Fsp3) is 0.588. The summed E-state index contributed by atoms with van der Waals surface area (Å²) < 4.78 is 25.3. The zero-order valence-electron chi connectivity index (χ0n) is 14.2. The number of nitrogens with zero attached hydrogens (tertiary/aromatic N) is 1. The number of piperidine rings is 1. The van der Waals surface area contributed by atoms with E-state index in [9.17, 15) is 13.2 Å². The van der Waals surface area contributed by atoms with Crippen molar-refractivity contribution in [3.8, 4) is 0 Å². The number of rotatable bonds is 6. The Bertz CT molecular complexity index is 653. The maximum atomic E-state index is 12.5. The summed E-state index contributed by atoms with van der Waals surface area (Å²) in [4.78, 5) is 12.5. The molecule has 0 aliphatic carbocycles. The molecule has 1 aromatic rings. The first kappa shape index (κ1) is 19.2. The van der Waals surface area contributed by atoms with Crippen molar-refractivity contribution in [2.75, 3.05) is 18.8 Å². The monoisotopic (exact) mass is 372 g/mol. The van der Waals surface area contributed by atoms with Crippen LogP contribution < -0.4 is 5.32 Å². The number of carbonyl (C=O) groups is 1. The molecule has 1 atom stereocenters. The number of carbonyl (C=O) groups excluding carboxylic acids is 1. The van der Waals surface area contributed by atoms with Gasteiger partial charge in [0.25, 0.3) is 0 Å². The molecule has 0 radical (unpaired) electrons. The second-order valence-corrected chi connectivity index (χ2v) is 8.79. The number of halogens is 1. The molecule has 1 aromatic carbocycles. The Hall–Kier alpha value is -1.11. The summed E-state index contributed by atoms with van der Waals surface area (Å²) >= 11 is 5.91. The Morgan fingerprint density at radius 3 is 2.33 bits per heavy atom. The van der Waals surface area contributed by atoms with E-state index >= 15 is 0 Å². The van der Waals surface area contributed by atoms with E-state index in [-0.39, 0.29) is 23.6 Å². The van der Waals surface area contributed by atoms with Crippen LogP contribution in [0.3, 0.4) is 0 Å². The van der Waals surface area contributed by atoms with E-state index < -0.39 is 10.0 Å². The minimum Gasteiger partial charge on any atom is -0.349 e. The second kappa shape index (κ2) is 8.32. The highest BCUT2D eigenvalue weighted by molar-refractivity contribution is 7.89. The standard InChI is InChI=1S/C17H25ClN2O3S/c1-3-16(13-5-7-15(18)8-6-13)19-17(21)14-9-11-20(12-10-14)24(22,23)4-2/h5-8,14,16H,3-4,9-12H2,1-2H3,(H,19,21). The summed E-state index contributed by atoms with van der Waals surface area (Å²) in [6, 6.07) is 7.44. The largest absolute Gasteiger partial charge is 0.349 e. The van der Waals surface area contributed by atoms with Gasteiger partial charge in [-0.2, -0.15) is 0 Å². The summed E-state index contributed by atoms with van der Waals surface area (Å²) in [7, 11) is -3.16. The smallest absolute Gasteiger partial charge is 0.223 e. The zero-order chi connectivity index (χ0) is 17.7. The van der Waals surface area contributed by atoms with Crippen LogP contribution >= 0.6 is 11.6 Å². The lowest BCUT2D eigenvalue weighted by Gasteiger charge is -2.31. The minimum atomic E-state index is -3.16. The number of nitrogens with one attached hydrogen (secondary N) is 1. The molecule has 0 saturated carbocycles. The van der Waals surface area contributed by atoms with Gasteiger partial charge in [-0.25, -0.2) is 12.7 Å². The molecule has 0 spiro atoms. The number of benzene rings is 1. The van der Waals surface area contributed by atoms with Crippen molar-refractivity contribution in [3.05, 3.63) is 34.9 Å². The van der Waals surface area contributed by atoms with Gasteiger partial charge < -0.3 is 5.32 Å². The van der Waals surface area contributed by atoms with Crippen molar-refractivity contribution in [3.63, 3.8) is 0 Å². The molecule has 1 aliphatic rings. The van der Waals surface area contributed by atoms with Gasteiger partial charge >= 0.3 is 0 Å². The van der Waals surface area contributed by atoms with E-state index in [0.29, 0.717) is 31.0 Å². The first-order valence-electron chi connectivity index (χ1n) is 8.41. The van der Waals surface area contributed by atoms with Gasteiger partial charge in [0.1, 0.15) is 0 Å². The SMILES string of the molecule is CCC(NC(=O)C1CCN(S(=O)(=O)CC)CC1)c1ccc(Cl)cc1. The van der Waals surface area contributed by atoms with Gasteiger partial charge in [-0.15, -0.1) is 0 Å². The summed E-state index contributed by atoms with van der Waals surface area (Å²) in [6.45, 7) is 4.51. The average Bonchev–Trinajstić information content (AvgIpc) is 2.60. The number of amides is 1. The van der Waals surface area contributed by atoms with Gasteiger partial charge in [0.2, 0.25) is 15.9 Å². The number of hydrogen-bond donors (Lipinski definition) is 1. The van der Waals surface area contributed by atoms with Gasteiger partial charge in [0, 0.05) is 24.0 Å². The third-order valence-electron chi connectivity index (χ3n) is 4.58. The Morgan fingerprint density at radius 2 is 1.83 bits per heavy atom. The molecule has 134 valence electrons. The lowest BCUT2D eigenvalue weighted by Crippen LogP contribution is -2.44. The second-order valence-electron chi connectivity index (χ2n) is 6.09. The van der Waals surface area contributed by atoms with E-state index in [2.05, 4.69) is 5.32 Å². The molecule has 1 N–H and O–H groups in total. The third-order valence-corrected chi connectivity index (χ3v) is 6.71. The van der Waals surface area contributed by atoms with Crippen LogP contribution in [0, 0.1) is 5.92 Å². The highest BCUT2D eigenvalue weighted by Crippen LogP contribution is 2.23. The normalized spacial score (nSPS) is 18.3. The Balaban J connectivity index is 1.94. The summed E-state index contributed by atoms with van der Waals surface area (Å²) in [5, 5.41) is 3.76. The van der Waals surface area contributed by atoms with Crippen molar-refractivity contribution in [1.29, 1.82) is 0 Å². The molecule has 1 fully saturated rings. The van der Waals surface area contributed by atoms with Crippen LogP contribution in [0.25, 0.3) is 0 Å². The van der Waals surface area contributed by atoms with Gasteiger partial charge in [-0.05, 0) is 43.9 Å². The van der Waals surface area contributed by atoms with E-state index in [0.717, 1.165) is 12.0 Å². The topological polar surface area (TPSA) is 66.5 Å². The molecule has 0 aromatic heterocycles. The van der Waals surface area contributed by atoms with Gasteiger partial charge in [0.05, 0.1) is 11.8 Å². The molecule has 1 saturated heterocycles. The Labute approximate surface area is 149 Å². The molecule has 24 heavy (non-hydrogen) atoms. The van der Waals surface area contributed by atoms with Crippen molar-refractivity contribution in [2.45, 2.75) is 39.2 Å². The van der Waals surface area contributed by atoms with Crippen LogP contribution in [-0.4, -0.2) is 37.5 Å². The van der Waals surface area contributed by atoms with E-state index in [1.54, 1.807) is 6.92 Å². The molecule has 1 heterocycles. The lowest BCUT2D eigenvalue weighted by atomic mass is 9.96. The summed E-state index contributed by atoms with van der Waals surface area (Å²) in [5.74, 6) is -0.0155. The van der Waals surface area contributed by atoms with Crippen LogP contribution in [0.15, 0.2) is 24.3 Å². The van der Waals surface area contributed by atoms with Gasteiger partial charge in [0.15, 0.2) is 0 Å². The third kappa shape index (κ3) is 4.71. The summed E-state index contributed by atoms with van der Waals surface area (Å²) in [5.41, 5.74) is 1.03. The van der Waals surface area contributed by atoms with E-state index in [1.165, 1.54) is 4.31 Å². The molecule has 1 amide bonds. The van der Waals surface area contributed by atoms with Gasteiger partial charge in [-0.1, -0.05) is 30.7 Å². The van der Waals surface area contributed by atoms with E-state index in [4.69, 9.17) is 11.6 Å². The van der Waals surface area contributed by atoms with Crippen molar-refractivity contribution in [1.82, 2.24) is 9.62 Å². The van der Waals surface area contributed by atoms with Crippen LogP contribution in [0.5, 0.6) is 0 Å². The molecule has 5 nitrogen and oxygen atoms in total. The fourth-order valence-corrected chi connectivity index (χ4v) is 4.24. The van der Waals surface area contributed by atoms with Crippen molar-refractivity contribution < 1.29 is 13.2 Å². The molecule has 1 aliphatic heterocycles. The molecular formula is C17H25ClN2O3S. The maximum Gasteiger partial charge on any atom is 0.223 e. The Kier molecular flexibility index (Phi) is 6.66. The average molecular weight is 373 g/mol. The van der Waals surface area contributed by atoms with Crippen molar-refractivity contribution in [2.24, 2.45) is 5.92 Å². The number of sulfonamides is 1. The van der Waals surface area contributed by atoms with E-state index in [1.807, 2.05) is 31.2 Å². The molecule has 1 unspecified atom stereocenters. The molecule has 2 rings (SSSR count). The first-order valence-corrected chi connectivity index (χ1v) is 10.4. The minimum absolute atomic E-state index is 0.00495. The highest BCUT2D eigenvalue weighted by atomic mass is 35.5. The maximum absolute atomic E-state index is 12.5. The van der Waals surface area contributed by atoms with Crippen LogP contribution in [0.2, 0.25) is 5.02 Å².